The first-order chi connectivity index (χ1) is 15.2. The Morgan fingerprint density at radius 1 is 0.906 bits per heavy atom. The quantitative estimate of drug-likeness (QED) is 0.256. The molecule has 0 aliphatic carbocycles. The average molecular weight is 444 g/mol. The van der Waals surface area contributed by atoms with Gasteiger partial charge in [0.1, 0.15) is 11.5 Å². The minimum atomic E-state index is -2.03. The van der Waals surface area contributed by atoms with Crippen LogP contribution in [0.1, 0.15) is 26.3 Å². The summed E-state index contributed by atoms with van der Waals surface area (Å²) in [5.41, 5.74) is -1.55. The Hall–Kier alpha value is -3.95. The van der Waals surface area contributed by atoms with Gasteiger partial charge in [-0.15, -0.1) is 0 Å². The van der Waals surface area contributed by atoms with Gasteiger partial charge in [-0.1, -0.05) is 12.1 Å². The molecule has 1 amide bonds. The van der Waals surface area contributed by atoms with E-state index in [1.54, 1.807) is 38.1 Å². The normalized spacial score (nSPS) is 10.7. The van der Waals surface area contributed by atoms with Crippen LogP contribution in [0.2, 0.25) is 0 Å². The third-order valence-electron chi connectivity index (χ3n) is 4.31. The first-order valence-corrected chi connectivity index (χ1v) is 9.86. The lowest BCUT2D eigenvalue weighted by Gasteiger charge is -2.29. The lowest BCUT2D eigenvalue weighted by Crippen LogP contribution is -2.62. The summed E-state index contributed by atoms with van der Waals surface area (Å²) in [6.45, 7) is 4.40. The van der Waals surface area contributed by atoms with Crippen molar-refractivity contribution in [3.63, 3.8) is 0 Å². The molecule has 2 aromatic rings. The molecule has 0 radical (unpaired) electrons. The number of benzene rings is 2. The number of carbonyl (C=O) groups excluding carboxylic acids is 3. The molecule has 0 aliphatic heterocycles. The van der Waals surface area contributed by atoms with Crippen molar-refractivity contribution < 1.29 is 33.5 Å². The van der Waals surface area contributed by atoms with Crippen molar-refractivity contribution in [3.05, 3.63) is 64.2 Å². The maximum atomic E-state index is 12.7. The summed E-state index contributed by atoms with van der Waals surface area (Å²) < 4.78 is 15.8. The summed E-state index contributed by atoms with van der Waals surface area (Å²) in [7, 11) is 0. The van der Waals surface area contributed by atoms with Crippen LogP contribution in [0.15, 0.2) is 48.5 Å². The number of rotatable bonds is 10. The number of carbonyl (C=O) groups is 3. The molecule has 0 aromatic heterocycles. The van der Waals surface area contributed by atoms with Crippen molar-refractivity contribution in [1.29, 1.82) is 0 Å². The number of hydrogen-bond acceptors (Lipinski definition) is 8. The number of ether oxygens (including phenoxy) is 3. The highest BCUT2D eigenvalue weighted by molar-refractivity contribution is 6.08. The Labute approximate surface area is 184 Å². The number of nitrogens with one attached hydrogen (secondary N) is 1. The van der Waals surface area contributed by atoms with Gasteiger partial charge in [0.25, 0.3) is 5.69 Å². The third kappa shape index (κ3) is 6.03. The lowest BCUT2D eigenvalue weighted by atomic mass is 9.90. The summed E-state index contributed by atoms with van der Waals surface area (Å²) in [6.07, 6.45) is -0.192. The molecular weight excluding hydrogens is 420 g/mol. The molecule has 0 saturated carbocycles. The van der Waals surface area contributed by atoms with Crippen LogP contribution in [0.4, 0.5) is 5.69 Å². The van der Waals surface area contributed by atoms with Gasteiger partial charge < -0.3 is 19.5 Å². The molecule has 0 atom stereocenters. The maximum Gasteiger partial charge on any atom is 0.344 e. The van der Waals surface area contributed by atoms with Crippen LogP contribution in [0.25, 0.3) is 0 Å². The maximum absolute atomic E-state index is 12.7. The minimum Gasteiger partial charge on any atom is -0.464 e. The van der Waals surface area contributed by atoms with Crippen LogP contribution >= 0.6 is 0 Å². The molecule has 2 rings (SSSR count). The van der Waals surface area contributed by atoms with Crippen molar-refractivity contribution in [2.24, 2.45) is 0 Å². The van der Waals surface area contributed by atoms with Crippen LogP contribution in [0, 0.1) is 10.1 Å². The minimum absolute atomic E-state index is 0.0155. The summed E-state index contributed by atoms with van der Waals surface area (Å²) >= 11 is 0. The molecule has 0 aliphatic rings. The van der Waals surface area contributed by atoms with Gasteiger partial charge in [0, 0.05) is 25.5 Å². The van der Waals surface area contributed by atoms with Crippen LogP contribution in [-0.4, -0.2) is 41.5 Å². The number of amides is 1. The third-order valence-corrected chi connectivity index (χ3v) is 4.31. The number of nitro groups is 1. The van der Waals surface area contributed by atoms with E-state index in [0.717, 1.165) is 0 Å². The van der Waals surface area contributed by atoms with E-state index >= 15 is 0 Å². The highest BCUT2D eigenvalue weighted by atomic mass is 16.6. The molecule has 0 bridgehead atoms. The predicted molar refractivity (Wildman–Crippen MR) is 113 cm³/mol. The zero-order valence-electron chi connectivity index (χ0n) is 18.0. The standard InChI is InChI=1S/C22H24N2O8/c1-4-30-20(26)22(23-15(3)25,21(27)31-5-2)14-16-6-10-18(11-7-16)32-19-12-8-17(9-13-19)24(28)29/h6-13H,4-5,14H2,1-3H3,(H,23,25). The molecule has 1 N–H and O–H groups in total. The largest absolute Gasteiger partial charge is 0.464 e. The number of hydrogen-bond donors (Lipinski definition) is 1. The van der Waals surface area contributed by atoms with E-state index in [2.05, 4.69) is 5.32 Å². The van der Waals surface area contributed by atoms with Crippen LogP contribution in [0.3, 0.4) is 0 Å². The molecule has 10 nitrogen and oxygen atoms in total. The topological polar surface area (TPSA) is 134 Å². The van der Waals surface area contributed by atoms with E-state index in [1.807, 2.05) is 0 Å². The van der Waals surface area contributed by atoms with E-state index in [1.165, 1.54) is 31.2 Å². The van der Waals surface area contributed by atoms with Gasteiger partial charge in [0.2, 0.25) is 11.4 Å². The van der Waals surface area contributed by atoms with Crippen LogP contribution < -0.4 is 10.1 Å². The van der Waals surface area contributed by atoms with Crippen LogP contribution in [-0.2, 0) is 30.3 Å². The molecule has 0 heterocycles. The number of nitro benzene ring substituents is 1. The fraction of sp³-hybridized carbons (Fsp3) is 0.318. The second kappa shape index (κ2) is 10.9. The second-order valence-corrected chi connectivity index (χ2v) is 6.70. The number of non-ortho nitro benzene ring substituents is 1. The summed E-state index contributed by atoms with van der Waals surface area (Å²) in [5.74, 6) is -1.60. The molecule has 0 spiro atoms. The van der Waals surface area contributed by atoms with E-state index in [-0.39, 0.29) is 25.3 Å². The van der Waals surface area contributed by atoms with Gasteiger partial charge in [0.15, 0.2) is 0 Å². The molecule has 0 saturated heterocycles. The highest BCUT2D eigenvalue weighted by Crippen LogP contribution is 2.26. The highest BCUT2D eigenvalue weighted by Gasteiger charge is 2.50. The SMILES string of the molecule is CCOC(=O)C(Cc1ccc(Oc2ccc([N+](=O)[O-])cc2)cc1)(NC(C)=O)C(=O)OCC. The fourth-order valence-electron chi connectivity index (χ4n) is 2.94. The fourth-order valence-corrected chi connectivity index (χ4v) is 2.94. The van der Waals surface area contributed by atoms with Gasteiger partial charge in [-0.25, -0.2) is 9.59 Å². The van der Waals surface area contributed by atoms with E-state index in [0.29, 0.717) is 17.1 Å². The average Bonchev–Trinajstić information content (AvgIpc) is 2.75. The van der Waals surface area contributed by atoms with Crippen molar-refractivity contribution in [3.8, 4) is 11.5 Å². The molecule has 0 unspecified atom stereocenters. The lowest BCUT2D eigenvalue weighted by molar-refractivity contribution is -0.384. The molecule has 10 heteroatoms. The monoisotopic (exact) mass is 444 g/mol. The van der Waals surface area contributed by atoms with Crippen molar-refractivity contribution in [2.45, 2.75) is 32.7 Å². The van der Waals surface area contributed by atoms with Crippen molar-refractivity contribution in [2.75, 3.05) is 13.2 Å². The Balaban J connectivity index is 2.27. The van der Waals surface area contributed by atoms with Gasteiger partial charge in [0.05, 0.1) is 18.1 Å². The van der Waals surface area contributed by atoms with E-state index < -0.39 is 28.3 Å². The summed E-state index contributed by atoms with van der Waals surface area (Å²) in [6, 6.07) is 12.0. The molecular formula is C22H24N2O8. The Morgan fingerprint density at radius 2 is 1.38 bits per heavy atom. The number of esters is 2. The Morgan fingerprint density at radius 3 is 1.78 bits per heavy atom. The summed E-state index contributed by atoms with van der Waals surface area (Å²) in [4.78, 5) is 47.4. The number of nitrogens with zero attached hydrogens (tertiary/aromatic N) is 1. The second-order valence-electron chi connectivity index (χ2n) is 6.70. The first kappa shape index (κ1) is 24.3. The molecule has 2 aromatic carbocycles. The zero-order chi connectivity index (χ0) is 23.7. The van der Waals surface area contributed by atoms with Crippen molar-refractivity contribution in [1.82, 2.24) is 5.32 Å². The molecule has 32 heavy (non-hydrogen) atoms. The van der Waals surface area contributed by atoms with Crippen LogP contribution in [0.5, 0.6) is 11.5 Å². The summed E-state index contributed by atoms with van der Waals surface area (Å²) in [5, 5.41) is 13.1. The van der Waals surface area contributed by atoms with Gasteiger partial charge in [-0.05, 0) is 43.7 Å². The van der Waals surface area contributed by atoms with Gasteiger partial charge in [-0.3, -0.25) is 14.9 Å². The molecule has 0 fully saturated rings. The Bertz CT molecular complexity index is 952. The van der Waals surface area contributed by atoms with E-state index in [9.17, 15) is 24.5 Å². The zero-order valence-corrected chi connectivity index (χ0v) is 18.0. The smallest absolute Gasteiger partial charge is 0.344 e. The first-order valence-electron chi connectivity index (χ1n) is 9.86. The Kier molecular flexibility index (Phi) is 8.28. The molecule has 170 valence electrons. The van der Waals surface area contributed by atoms with E-state index in [4.69, 9.17) is 14.2 Å². The predicted octanol–water partition coefficient (Wildman–Crippen LogP) is 2.93. The van der Waals surface area contributed by atoms with Crippen molar-refractivity contribution >= 4 is 23.5 Å². The van der Waals surface area contributed by atoms with Gasteiger partial charge >= 0.3 is 11.9 Å². The van der Waals surface area contributed by atoms with Gasteiger partial charge in [-0.2, -0.15) is 0 Å².